The van der Waals surface area contributed by atoms with Gasteiger partial charge in [-0.25, -0.2) is 0 Å². The number of anilines is 1. The van der Waals surface area contributed by atoms with Crippen molar-refractivity contribution in [2.24, 2.45) is 0 Å². The summed E-state index contributed by atoms with van der Waals surface area (Å²) in [7, 11) is 0. The summed E-state index contributed by atoms with van der Waals surface area (Å²) in [4.78, 5) is 0. The fraction of sp³-hybridized carbons (Fsp3) is 0.455. The molecule has 3 rings (SSSR count). The summed E-state index contributed by atoms with van der Waals surface area (Å²) < 4.78 is 37.5. The molecule has 1 fully saturated rings. The number of rotatable bonds is 0. The fourth-order valence-electron chi connectivity index (χ4n) is 2.27. The van der Waals surface area contributed by atoms with E-state index in [9.17, 15) is 13.2 Å². The van der Waals surface area contributed by atoms with Crippen LogP contribution in [0.1, 0.15) is 24.0 Å². The predicted octanol–water partition coefficient (Wildman–Crippen LogP) is 3.58. The highest BCUT2D eigenvalue weighted by Crippen LogP contribution is 2.54. The maximum atomic E-state index is 12.5. The third-order valence-electron chi connectivity index (χ3n) is 3.39. The molecule has 5 heteroatoms. The van der Waals surface area contributed by atoms with Gasteiger partial charge in [-0.3, -0.25) is 0 Å². The van der Waals surface area contributed by atoms with Gasteiger partial charge in [0.25, 0.3) is 0 Å². The van der Waals surface area contributed by atoms with Gasteiger partial charge in [0, 0.05) is 17.6 Å². The number of hydrogen-bond acceptors (Lipinski definition) is 1. The van der Waals surface area contributed by atoms with Crippen molar-refractivity contribution in [1.82, 2.24) is 0 Å². The summed E-state index contributed by atoms with van der Waals surface area (Å²) in [6, 6.07) is 4.00. The zero-order chi connectivity index (χ0) is 10.7. The second kappa shape index (κ2) is 3.29. The van der Waals surface area contributed by atoms with Gasteiger partial charge in [0.2, 0.25) is 0 Å². The standard InChI is InChI=1S/C11H10F3N.ClH/c12-11(13,14)7-1-2-9-8(5-7)10(3-4-10)6-15-9;/h1-2,5,15H,3-4,6H2;1H. The molecule has 1 aliphatic carbocycles. The Balaban J connectivity index is 0.000000963. The van der Waals surface area contributed by atoms with E-state index in [2.05, 4.69) is 5.32 Å². The van der Waals surface area contributed by atoms with Crippen LogP contribution in [0.15, 0.2) is 18.2 Å². The first-order chi connectivity index (χ1) is 7.01. The number of hydrogen-bond donors (Lipinski definition) is 1. The molecular weight excluding hydrogens is 239 g/mol. The number of nitrogens with one attached hydrogen (secondary N) is 1. The lowest BCUT2D eigenvalue weighted by Crippen LogP contribution is -2.10. The van der Waals surface area contributed by atoms with Gasteiger partial charge < -0.3 is 5.32 Å². The molecule has 1 aliphatic heterocycles. The average molecular weight is 250 g/mol. The summed E-state index contributed by atoms with van der Waals surface area (Å²) in [6.45, 7) is 0.795. The van der Waals surface area contributed by atoms with Crippen LogP contribution in [0, 0.1) is 0 Å². The van der Waals surface area contributed by atoms with Gasteiger partial charge in [-0.15, -0.1) is 12.4 Å². The third-order valence-corrected chi connectivity index (χ3v) is 3.39. The number of fused-ring (bicyclic) bond motifs is 2. The van der Waals surface area contributed by atoms with Crippen LogP contribution in [0.3, 0.4) is 0 Å². The minimum Gasteiger partial charge on any atom is -0.384 e. The van der Waals surface area contributed by atoms with E-state index in [1.54, 1.807) is 6.07 Å². The first-order valence-corrected chi connectivity index (χ1v) is 4.97. The molecule has 0 unspecified atom stereocenters. The summed E-state index contributed by atoms with van der Waals surface area (Å²) in [5.74, 6) is 0. The summed E-state index contributed by atoms with van der Waals surface area (Å²) in [6.07, 6.45) is -2.21. The van der Waals surface area contributed by atoms with E-state index in [1.165, 1.54) is 6.07 Å². The topological polar surface area (TPSA) is 12.0 Å². The van der Waals surface area contributed by atoms with Gasteiger partial charge in [-0.1, -0.05) is 0 Å². The summed E-state index contributed by atoms with van der Waals surface area (Å²) >= 11 is 0. The van der Waals surface area contributed by atoms with Crippen LogP contribution in [0.25, 0.3) is 0 Å². The van der Waals surface area contributed by atoms with Gasteiger partial charge in [-0.2, -0.15) is 13.2 Å². The van der Waals surface area contributed by atoms with E-state index in [1.807, 2.05) is 0 Å². The summed E-state index contributed by atoms with van der Waals surface area (Å²) in [5, 5.41) is 3.16. The van der Waals surface area contributed by atoms with E-state index in [-0.39, 0.29) is 17.8 Å². The predicted molar refractivity (Wildman–Crippen MR) is 58.1 cm³/mol. The first-order valence-electron chi connectivity index (χ1n) is 4.97. The first kappa shape index (κ1) is 11.6. The van der Waals surface area contributed by atoms with Crippen molar-refractivity contribution in [3.63, 3.8) is 0 Å². The molecule has 0 atom stereocenters. The van der Waals surface area contributed by atoms with E-state index in [4.69, 9.17) is 0 Å². The smallest absolute Gasteiger partial charge is 0.384 e. The Labute approximate surface area is 97.4 Å². The highest BCUT2D eigenvalue weighted by Gasteiger charge is 2.49. The lowest BCUT2D eigenvalue weighted by Gasteiger charge is -2.10. The van der Waals surface area contributed by atoms with Gasteiger partial charge in [0.05, 0.1) is 5.56 Å². The Kier molecular flexibility index (Phi) is 2.38. The highest BCUT2D eigenvalue weighted by molar-refractivity contribution is 5.85. The molecule has 1 aromatic carbocycles. The quantitative estimate of drug-likeness (QED) is 0.741. The molecule has 1 aromatic rings. The van der Waals surface area contributed by atoms with Crippen molar-refractivity contribution >= 4 is 18.1 Å². The van der Waals surface area contributed by atoms with Crippen LogP contribution in [-0.2, 0) is 11.6 Å². The minimum atomic E-state index is -4.23. The lowest BCUT2D eigenvalue weighted by atomic mass is 9.96. The third kappa shape index (κ3) is 1.56. The fourth-order valence-corrected chi connectivity index (χ4v) is 2.27. The minimum absolute atomic E-state index is 0. The highest BCUT2D eigenvalue weighted by atomic mass is 35.5. The molecular formula is C11H11ClF3N. The maximum absolute atomic E-state index is 12.5. The van der Waals surface area contributed by atoms with Crippen molar-refractivity contribution in [1.29, 1.82) is 0 Å². The van der Waals surface area contributed by atoms with Crippen molar-refractivity contribution < 1.29 is 13.2 Å². The maximum Gasteiger partial charge on any atom is 0.416 e. The molecule has 1 saturated carbocycles. The molecule has 1 spiro atoms. The number of alkyl halides is 3. The Hall–Kier alpha value is -0.900. The van der Waals surface area contributed by atoms with Crippen LogP contribution < -0.4 is 5.32 Å². The van der Waals surface area contributed by atoms with E-state index < -0.39 is 11.7 Å². The SMILES string of the molecule is Cl.FC(F)(F)c1ccc2c(c1)C1(CC1)CN2. The zero-order valence-electron chi connectivity index (χ0n) is 8.40. The van der Waals surface area contributed by atoms with Crippen molar-refractivity contribution in [2.45, 2.75) is 24.4 Å². The van der Waals surface area contributed by atoms with Gasteiger partial charge >= 0.3 is 6.18 Å². The average Bonchev–Trinajstić information content (AvgIpc) is 2.84. The Bertz CT molecular complexity index is 424. The van der Waals surface area contributed by atoms with Crippen LogP contribution >= 0.6 is 12.4 Å². The molecule has 0 saturated heterocycles. The molecule has 1 N–H and O–H groups in total. The zero-order valence-corrected chi connectivity index (χ0v) is 9.21. The second-order valence-corrected chi connectivity index (χ2v) is 4.39. The van der Waals surface area contributed by atoms with Crippen molar-refractivity contribution in [3.05, 3.63) is 29.3 Å². The Morgan fingerprint density at radius 2 is 1.88 bits per heavy atom. The molecule has 0 bridgehead atoms. The van der Waals surface area contributed by atoms with Crippen LogP contribution in [0.4, 0.5) is 18.9 Å². The molecule has 0 amide bonds. The second-order valence-electron chi connectivity index (χ2n) is 4.39. The molecule has 16 heavy (non-hydrogen) atoms. The lowest BCUT2D eigenvalue weighted by molar-refractivity contribution is -0.137. The molecule has 0 aromatic heterocycles. The van der Waals surface area contributed by atoms with Crippen molar-refractivity contribution in [3.8, 4) is 0 Å². The van der Waals surface area contributed by atoms with Gasteiger partial charge in [-0.05, 0) is 36.6 Å². The molecule has 1 heterocycles. The Morgan fingerprint density at radius 1 is 1.19 bits per heavy atom. The Morgan fingerprint density at radius 3 is 2.44 bits per heavy atom. The monoisotopic (exact) mass is 249 g/mol. The molecule has 88 valence electrons. The van der Waals surface area contributed by atoms with E-state index in [0.717, 1.165) is 36.7 Å². The van der Waals surface area contributed by atoms with E-state index >= 15 is 0 Å². The molecule has 2 aliphatic rings. The molecule has 0 radical (unpaired) electrons. The van der Waals surface area contributed by atoms with Gasteiger partial charge in [0.1, 0.15) is 0 Å². The van der Waals surface area contributed by atoms with Crippen LogP contribution in [0.2, 0.25) is 0 Å². The van der Waals surface area contributed by atoms with E-state index in [0.29, 0.717) is 0 Å². The van der Waals surface area contributed by atoms with Crippen molar-refractivity contribution in [2.75, 3.05) is 11.9 Å². The normalized spacial score (nSPS) is 19.9. The van der Waals surface area contributed by atoms with Crippen LogP contribution in [0.5, 0.6) is 0 Å². The number of benzene rings is 1. The molecule has 1 nitrogen and oxygen atoms in total. The van der Waals surface area contributed by atoms with Gasteiger partial charge in [0.15, 0.2) is 0 Å². The largest absolute Gasteiger partial charge is 0.416 e. The summed E-state index contributed by atoms with van der Waals surface area (Å²) in [5.41, 5.74) is 1.23. The number of halogens is 4. The van der Waals surface area contributed by atoms with Crippen LogP contribution in [-0.4, -0.2) is 6.54 Å².